The summed E-state index contributed by atoms with van der Waals surface area (Å²) in [6.07, 6.45) is 1.37. The molecule has 3 aromatic heterocycles. The van der Waals surface area contributed by atoms with E-state index in [2.05, 4.69) is 41.0 Å². The number of imidazole rings is 1. The van der Waals surface area contributed by atoms with Crippen molar-refractivity contribution in [1.82, 2.24) is 19.5 Å². The number of carbonyl (C=O) groups is 1. The van der Waals surface area contributed by atoms with Gasteiger partial charge in [0.2, 0.25) is 5.71 Å². The molecule has 4 aromatic rings. The number of fused-ring (bicyclic) bond motifs is 2. The van der Waals surface area contributed by atoms with Crippen LogP contribution in [-0.2, 0) is 12.5 Å². The van der Waals surface area contributed by atoms with Gasteiger partial charge in [0, 0.05) is 18.2 Å². The van der Waals surface area contributed by atoms with Gasteiger partial charge in [0.15, 0.2) is 0 Å². The Bertz CT molecular complexity index is 1290. The number of aromatic nitrogens is 4. The number of aryl methyl sites for hydroxylation is 2. The normalized spacial score (nSPS) is 12.0. The number of benzene rings is 1. The minimum absolute atomic E-state index is 0.109. The maximum Gasteiger partial charge on any atom is 0.265 e. The summed E-state index contributed by atoms with van der Waals surface area (Å²) in [4.78, 5) is 37.3. The first-order valence-electron chi connectivity index (χ1n) is 8.91. The van der Waals surface area contributed by atoms with Crippen LogP contribution in [0.3, 0.4) is 0 Å². The Hall–Kier alpha value is -3.42. The van der Waals surface area contributed by atoms with Crippen LogP contribution in [0, 0.1) is 6.92 Å². The van der Waals surface area contributed by atoms with Crippen molar-refractivity contribution in [3.63, 3.8) is 0 Å². The Labute approximate surface area is 160 Å². The number of hydrogen-bond acceptors (Lipinski definition) is 5. The summed E-state index contributed by atoms with van der Waals surface area (Å²) < 4.78 is 6.82. The van der Waals surface area contributed by atoms with Crippen LogP contribution in [0.5, 0.6) is 0 Å². The number of furan rings is 1. The first-order valence-corrected chi connectivity index (χ1v) is 8.91. The summed E-state index contributed by atoms with van der Waals surface area (Å²) in [7, 11) is 1.58. The molecule has 0 bridgehead atoms. The molecule has 0 aliphatic heterocycles. The molecule has 8 nitrogen and oxygen atoms in total. The summed E-state index contributed by atoms with van der Waals surface area (Å²) in [5, 5.41) is 3.02. The highest BCUT2D eigenvalue weighted by molar-refractivity contribution is 6.13. The standard InChI is InChI=1S/C20H21N5O3/c1-10-14(15-17(28-10)21-9-25(5)18(15)27)16(26)22-11-6-7-12-13(8-11)24-19(23-12)20(2,3)4/h6-9H,1-5H3,(H,22,26)(H,23,24). The van der Waals surface area contributed by atoms with E-state index < -0.39 is 5.91 Å². The van der Waals surface area contributed by atoms with Crippen molar-refractivity contribution >= 4 is 33.7 Å². The van der Waals surface area contributed by atoms with Gasteiger partial charge in [-0.1, -0.05) is 20.8 Å². The number of hydrogen-bond donors (Lipinski definition) is 2. The van der Waals surface area contributed by atoms with Gasteiger partial charge in [-0.2, -0.15) is 0 Å². The van der Waals surface area contributed by atoms with Crippen LogP contribution in [0.25, 0.3) is 22.1 Å². The molecule has 2 N–H and O–H groups in total. The maximum atomic E-state index is 12.9. The van der Waals surface area contributed by atoms with E-state index in [1.165, 1.54) is 10.9 Å². The van der Waals surface area contributed by atoms with Crippen molar-refractivity contribution in [2.24, 2.45) is 7.05 Å². The second-order valence-electron chi connectivity index (χ2n) is 7.90. The van der Waals surface area contributed by atoms with Gasteiger partial charge in [-0.15, -0.1) is 0 Å². The van der Waals surface area contributed by atoms with Crippen molar-refractivity contribution in [2.75, 3.05) is 5.32 Å². The number of rotatable bonds is 2. The van der Waals surface area contributed by atoms with Crippen LogP contribution in [-0.4, -0.2) is 25.4 Å². The first kappa shape index (κ1) is 18.0. The van der Waals surface area contributed by atoms with Crippen LogP contribution in [0.15, 0.2) is 33.7 Å². The fraction of sp³-hybridized carbons (Fsp3) is 0.300. The minimum Gasteiger partial charge on any atom is -0.442 e. The Balaban J connectivity index is 1.73. The molecule has 1 aromatic carbocycles. The monoisotopic (exact) mass is 379 g/mol. The van der Waals surface area contributed by atoms with E-state index in [1.54, 1.807) is 20.0 Å². The molecule has 0 aliphatic carbocycles. The van der Waals surface area contributed by atoms with E-state index in [0.717, 1.165) is 16.9 Å². The third-order valence-electron chi connectivity index (χ3n) is 4.63. The fourth-order valence-electron chi connectivity index (χ4n) is 3.10. The summed E-state index contributed by atoms with van der Waals surface area (Å²) >= 11 is 0. The second kappa shape index (κ2) is 6.05. The van der Waals surface area contributed by atoms with E-state index in [1.807, 2.05) is 12.1 Å². The number of carbonyl (C=O) groups excluding carboxylic acids is 1. The highest BCUT2D eigenvalue weighted by atomic mass is 16.3. The Morgan fingerprint density at radius 1 is 1.29 bits per heavy atom. The molecule has 4 rings (SSSR count). The van der Waals surface area contributed by atoms with Crippen LogP contribution in [0.4, 0.5) is 5.69 Å². The topological polar surface area (TPSA) is 106 Å². The van der Waals surface area contributed by atoms with Gasteiger partial charge in [0.05, 0.1) is 16.6 Å². The lowest BCUT2D eigenvalue weighted by molar-refractivity contribution is 0.102. The fourth-order valence-corrected chi connectivity index (χ4v) is 3.10. The molecule has 28 heavy (non-hydrogen) atoms. The van der Waals surface area contributed by atoms with Gasteiger partial charge < -0.3 is 19.3 Å². The van der Waals surface area contributed by atoms with Crippen molar-refractivity contribution in [2.45, 2.75) is 33.1 Å². The SMILES string of the molecule is Cc1oc2ncn(C)c(=O)c2c1C(=O)Nc1ccc2nc(C(C)(C)C)[nH]c2c1. The molecule has 0 saturated carbocycles. The average Bonchev–Trinajstić information content (AvgIpc) is 3.18. The molecule has 1 amide bonds. The van der Waals surface area contributed by atoms with E-state index in [0.29, 0.717) is 11.4 Å². The maximum absolute atomic E-state index is 12.9. The van der Waals surface area contributed by atoms with Gasteiger partial charge in [-0.25, -0.2) is 9.97 Å². The Kier molecular flexibility index (Phi) is 3.88. The molecule has 3 heterocycles. The van der Waals surface area contributed by atoms with Crippen molar-refractivity contribution in [3.8, 4) is 0 Å². The number of anilines is 1. The predicted octanol–water partition coefficient (Wildman–Crippen LogP) is 3.26. The zero-order chi connectivity index (χ0) is 20.2. The van der Waals surface area contributed by atoms with Gasteiger partial charge in [-0.3, -0.25) is 9.59 Å². The van der Waals surface area contributed by atoms with Gasteiger partial charge >= 0.3 is 0 Å². The average molecular weight is 379 g/mol. The summed E-state index contributed by atoms with van der Waals surface area (Å²) in [6.45, 7) is 7.88. The number of nitrogens with one attached hydrogen (secondary N) is 2. The molecule has 0 fully saturated rings. The molecule has 0 unspecified atom stereocenters. The largest absolute Gasteiger partial charge is 0.442 e. The third kappa shape index (κ3) is 2.87. The zero-order valence-electron chi connectivity index (χ0n) is 16.4. The third-order valence-corrected chi connectivity index (χ3v) is 4.63. The Morgan fingerprint density at radius 2 is 2.04 bits per heavy atom. The van der Waals surface area contributed by atoms with Crippen LogP contribution in [0.1, 0.15) is 42.7 Å². The van der Waals surface area contributed by atoms with Crippen LogP contribution >= 0.6 is 0 Å². The summed E-state index contributed by atoms with van der Waals surface area (Å²) in [5.74, 6) is 0.800. The predicted molar refractivity (Wildman–Crippen MR) is 107 cm³/mol. The van der Waals surface area contributed by atoms with Crippen molar-refractivity contribution in [3.05, 3.63) is 52.0 Å². The molecule has 0 radical (unpaired) electrons. The van der Waals surface area contributed by atoms with Crippen LogP contribution < -0.4 is 10.9 Å². The molecule has 8 heteroatoms. The smallest absolute Gasteiger partial charge is 0.265 e. The second-order valence-corrected chi connectivity index (χ2v) is 7.90. The summed E-state index contributed by atoms with van der Waals surface area (Å²) in [6, 6.07) is 5.45. The number of H-pyrrole nitrogens is 1. The Morgan fingerprint density at radius 3 is 2.75 bits per heavy atom. The number of nitrogens with zero attached hydrogens (tertiary/aromatic N) is 3. The van der Waals surface area contributed by atoms with Gasteiger partial charge in [0.25, 0.3) is 11.5 Å². The molecular formula is C20H21N5O3. The van der Waals surface area contributed by atoms with Crippen molar-refractivity contribution in [1.29, 1.82) is 0 Å². The number of aromatic amines is 1. The van der Waals surface area contributed by atoms with E-state index in [9.17, 15) is 9.59 Å². The molecular weight excluding hydrogens is 358 g/mol. The first-order chi connectivity index (χ1) is 13.1. The van der Waals surface area contributed by atoms with E-state index in [4.69, 9.17) is 4.42 Å². The minimum atomic E-state index is -0.420. The van der Waals surface area contributed by atoms with E-state index >= 15 is 0 Å². The highest BCUT2D eigenvalue weighted by Gasteiger charge is 2.23. The molecule has 0 atom stereocenters. The summed E-state index contributed by atoms with van der Waals surface area (Å²) in [5.41, 5.74) is 2.16. The molecule has 0 saturated heterocycles. The lowest BCUT2D eigenvalue weighted by atomic mass is 9.96. The quantitative estimate of drug-likeness (QED) is 0.556. The molecule has 0 aliphatic rings. The highest BCUT2D eigenvalue weighted by Crippen LogP contribution is 2.26. The molecule has 0 spiro atoms. The lowest BCUT2D eigenvalue weighted by Crippen LogP contribution is -2.20. The number of amides is 1. The molecule has 144 valence electrons. The van der Waals surface area contributed by atoms with Crippen LogP contribution in [0.2, 0.25) is 0 Å². The van der Waals surface area contributed by atoms with Gasteiger partial charge in [-0.05, 0) is 25.1 Å². The van der Waals surface area contributed by atoms with Crippen molar-refractivity contribution < 1.29 is 9.21 Å². The lowest BCUT2D eigenvalue weighted by Gasteiger charge is -2.13. The zero-order valence-corrected chi connectivity index (χ0v) is 16.4. The van der Waals surface area contributed by atoms with E-state index in [-0.39, 0.29) is 27.6 Å². The van der Waals surface area contributed by atoms with Gasteiger partial charge in [0.1, 0.15) is 23.3 Å².